The molecule has 0 aliphatic rings. The number of thiophene rings is 1. The quantitative estimate of drug-likeness (QED) is 0.162. The predicted octanol–water partition coefficient (Wildman–Crippen LogP) is 16.1. The minimum absolute atomic E-state index is 0.859. The van der Waals surface area contributed by atoms with Crippen molar-refractivity contribution in [1.29, 1.82) is 0 Å². The summed E-state index contributed by atoms with van der Waals surface area (Å²) in [5.74, 6) is 0. The molecule has 268 valence electrons. The first kappa shape index (κ1) is 33.2. The van der Waals surface area contributed by atoms with Crippen molar-refractivity contribution >= 4 is 70.5 Å². The topological polar surface area (TPSA) is 16.4 Å². The highest BCUT2D eigenvalue weighted by Crippen LogP contribution is 2.46. The normalized spacial score (nSPS) is 11.5. The lowest BCUT2D eigenvalue weighted by Gasteiger charge is -2.26. The number of furan rings is 1. The van der Waals surface area contributed by atoms with Gasteiger partial charge in [0.05, 0.1) is 5.69 Å². The molecule has 0 fully saturated rings. The smallest absolute Gasteiger partial charge is 0.160 e. The summed E-state index contributed by atoms with van der Waals surface area (Å²) in [4.78, 5) is 2.33. The van der Waals surface area contributed by atoms with Crippen molar-refractivity contribution in [2.75, 3.05) is 4.90 Å². The summed E-state index contributed by atoms with van der Waals surface area (Å²) < 4.78 is 9.45. The van der Waals surface area contributed by atoms with Crippen LogP contribution in [-0.2, 0) is 0 Å². The van der Waals surface area contributed by atoms with E-state index in [9.17, 15) is 0 Å². The molecule has 0 bridgehead atoms. The van der Waals surface area contributed by atoms with Crippen LogP contribution in [0.3, 0.4) is 0 Å². The minimum Gasteiger partial charge on any atom is -0.454 e. The van der Waals surface area contributed by atoms with Crippen molar-refractivity contribution in [2.45, 2.75) is 0 Å². The van der Waals surface area contributed by atoms with Crippen molar-refractivity contribution in [2.24, 2.45) is 0 Å². The van der Waals surface area contributed by atoms with Crippen LogP contribution in [0.4, 0.5) is 17.1 Å². The number of para-hydroxylation sites is 1. The highest BCUT2D eigenvalue weighted by molar-refractivity contribution is 7.25. The molecule has 2 heterocycles. The van der Waals surface area contributed by atoms with Gasteiger partial charge in [0.15, 0.2) is 5.58 Å². The highest BCUT2D eigenvalue weighted by Gasteiger charge is 2.22. The molecule has 0 spiro atoms. The van der Waals surface area contributed by atoms with E-state index in [4.69, 9.17) is 4.42 Å². The molecule has 2 nitrogen and oxygen atoms in total. The fraction of sp³-hybridized carbons (Fsp3) is 0. The van der Waals surface area contributed by atoms with E-state index in [0.717, 1.165) is 50.1 Å². The Bertz CT molecular complexity index is 3200. The third-order valence-electron chi connectivity index (χ3n) is 11.1. The molecule has 0 saturated carbocycles. The molecule has 9 aromatic carbocycles. The van der Waals surface area contributed by atoms with Gasteiger partial charge in [-0.2, -0.15) is 0 Å². The van der Waals surface area contributed by atoms with Crippen molar-refractivity contribution in [3.05, 3.63) is 212 Å². The monoisotopic (exact) mass is 745 g/mol. The van der Waals surface area contributed by atoms with Crippen molar-refractivity contribution in [3.63, 3.8) is 0 Å². The maximum atomic E-state index is 6.83. The van der Waals surface area contributed by atoms with Gasteiger partial charge in [0, 0.05) is 42.3 Å². The van der Waals surface area contributed by atoms with Crippen LogP contribution in [0.5, 0.6) is 0 Å². The lowest BCUT2D eigenvalue weighted by molar-refractivity contribution is 0.669. The van der Waals surface area contributed by atoms with Gasteiger partial charge >= 0.3 is 0 Å². The Balaban J connectivity index is 1.03. The molecular formula is C54H35NOS. The van der Waals surface area contributed by atoms with E-state index in [-0.39, 0.29) is 0 Å². The van der Waals surface area contributed by atoms with Gasteiger partial charge in [-0.3, -0.25) is 0 Å². The summed E-state index contributed by atoms with van der Waals surface area (Å²) in [5, 5.41) is 4.85. The molecule has 3 heteroatoms. The van der Waals surface area contributed by atoms with E-state index in [1.54, 1.807) is 0 Å². The van der Waals surface area contributed by atoms with Gasteiger partial charge in [-0.05, 0) is 93.0 Å². The largest absolute Gasteiger partial charge is 0.454 e. The van der Waals surface area contributed by atoms with Gasteiger partial charge in [0.2, 0.25) is 0 Å². The maximum Gasteiger partial charge on any atom is 0.160 e. The SMILES string of the molecule is c1ccc(-c2ccc(-c3ccc(N(c4ccc(-c5ccc6c(c5)sc5ccccc56)cc4)c4ccc(-c5ccccc5)c5c4oc4ccccc45)cc3)cc2)cc1. The summed E-state index contributed by atoms with van der Waals surface area (Å²) in [6.07, 6.45) is 0. The zero-order chi connectivity index (χ0) is 37.7. The van der Waals surface area contributed by atoms with Crippen LogP contribution in [-0.4, -0.2) is 0 Å². The number of anilines is 3. The Morgan fingerprint density at radius 1 is 0.351 bits per heavy atom. The molecule has 0 aliphatic carbocycles. The first-order chi connectivity index (χ1) is 28.2. The molecule has 0 N–H and O–H groups in total. The van der Waals surface area contributed by atoms with Crippen LogP contribution in [0.2, 0.25) is 0 Å². The third kappa shape index (κ3) is 5.88. The zero-order valence-electron chi connectivity index (χ0n) is 31.0. The summed E-state index contributed by atoms with van der Waals surface area (Å²) in [7, 11) is 0. The van der Waals surface area contributed by atoms with Gasteiger partial charge in [-0.1, -0.05) is 164 Å². The molecule has 0 saturated heterocycles. The van der Waals surface area contributed by atoms with Crippen LogP contribution in [0, 0.1) is 0 Å². The average molecular weight is 746 g/mol. The first-order valence-corrected chi connectivity index (χ1v) is 20.1. The van der Waals surface area contributed by atoms with E-state index in [1.807, 2.05) is 17.4 Å². The molecule has 0 aliphatic heterocycles. The average Bonchev–Trinajstić information content (AvgIpc) is 3.87. The first-order valence-electron chi connectivity index (χ1n) is 19.3. The minimum atomic E-state index is 0.859. The number of benzene rings is 9. The zero-order valence-corrected chi connectivity index (χ0v) is 31.8. The van der Waals surface area contributed by atoms with E-state index < -0.39 is 0 Å². The Hall–Kier alpha value is -7.20. The predicted molar refractivity (Wildman–Crippen MR) is 243 cm³/mol. The Kier molecular flexibility index (Phi) is 8.04. The lowest BCUT2D eigenvalue weighted by atomic mass is 9.97. The number of hydrogen-bond donors (Lipinski definition) is 0. The second-order valence-corrected chi connectivity index (χ2v) is 15.6. The van der Waals surface area contributed by atoms with Crippen LogP contribution in [0.15, 0.2) is 217 Å². The highest BCUT2D eigenvalue weighted by atomic mass is 32.1. The third-order valence-corrected chi connectivity index (χ3v) is 12.3. The van der Waals surface area contributed by atoms with Gasteiger partial charge in [-0.25, -0.2) is 0 Å². The molecule has 0 atom stereocenters. The maximum absolute atomic E-state index is 6.83. The standard InChI is InChI=1S/C54H35NOS/c1-3-11-36(12-4-1)37-19-21-38(22-20-37)39-23-28-43(29-24-39)55(44-30-25-40(26-31-44)42-27-32-47-46-15-8-10-18-51(46)57-52(47)35-42)49-34-33-45(41-13-5-2-6-14-41)53-48-16-7-9-17-50(48)56-54(49)53/h1-35H. The Labute approximate surface area is 335 Å². The second-order valence-electron chi connectivity index (χ2n) is 14.5. The number of hydrogen-bond acceptors (Lipinski definition) is 3. The number of fused-ring (bicyclic) bond motifs is 6. The van der Waals surface area contributed by atoms with Crippen LogP contribution in [0.25, 0.3) is 86.6 Å². The summed E-state index contributed by atoms with van der Waals surface area (Å²) in [5.41, 5.74) is 14.3. The molecule has 11 rings (SSSR count). The summed E-state index contributed by atoms with van der Waals surface area (Å²) in [6, 6.07) is 76.2. The Morgan fingerprint density at radius 3 is 1.51 bits per heavy atom. The molecule has 2 aromatic heterocycles. The van der Waals surface area contributed by atoms with Crippen molar-refractivity contribution < 1.29 is 4.42 Å². The molecule has 0 unspecified atom stereocenters. The summed E-state index contributed by atoms with van der Waals surface area (Å²) >= 11 is 1.86. The van der Waals surface area contributed by atoms with E-state index in [2.05, 4.69) is 211 Å². The molecule has 0 amide bonds. The van der Waals surface area contributed by atoms with Crippen LogP contribution < -0.4 is 4.90 Å². The lowest BCUT2D eigenvalue weighted by Crippen LogP contribution is -2.10. The van der Waals surface area contributed by atoms with Crippen molar-refractivity contribution in [3.8, 4) is 44.5 Å². The van der Waals surface area contributed by atoms with E-state index >= 15 is 0 Å². The number of rotatable bonds is 7. The van der Waals surface area contributed by atoms with Crippen LogP contribution >= 0.6 is 11.3 Å². The summed E-state index contributed by atoms with van der Waals surface area (Å²) in [6.45, 7) is 0. The van der Waals surface area contributed by atoms with Gasteiger partial charge < -0.3 is 9.32 Å². The van der Waals surface area contributed by atoms with Gasteiger partial charge in [-0.15, -0.1) is 11.3 Å². The fourth-order valence-corrected chi connectivity index (χ4v) is 9.42. The molecule has 57 heavy (non-hydrogen) atoms. The number of nitrogens with zero attached hydrogens (tertiary/aromatic N) is 1. The van der Waals surface area contributed by atoms with Crippen molar-refractivity contribution in [1.82, 2.24) is 0 Å². The second kappa shape index (κ2) is 13.8. The van der Waals surface area contributed by atoms with E-state index in [1.165, 1.54) is 53.6 Å². The van der Waals surface area contributed by atoms with Crippen LogP contribution in [0.1, 0.15) is 0 Å². The molecular weight excluding hydrogens is 711 g/mol. The molecule has 11 aromatic rings. The Morgan fingerprint density at radius 2 is 0.842 bits per heavy atom. The van der Waals surface area contributed by atoms with E-state index in [0.29, 0.717) is 0 Å². The van der Waals surface area contributed by atoms with Gasteiger partial charge in [0.1, 0.15) is 5.58 Å². The molecule has 0 radical (unpaired) electrons. The fourth-order valence-electron chi connectivity index (χ4n) is 8.27. The van der Waals surface area contributed by atoms with Gasteiger partial charge in [0.25, 0.3) is 0 Å².